The summed E-state index contributed by atoms with van der Waals surface area (Å²) in [6, 6.07) is 27.3. The van der Waals surface area contributed by atoms with E-state index in [9.17, 15) is 19.2 Å². The van der Waals surface area contributed by atoms with Crippen molar-refractivity contribution in [2.75, 3.05) is 0 Å². The summed E-state index contributed by atoms with van der Waals surface area (Å²) < 4.78 is 7.20. The number of hydrogen-bond acceptors (Lipinski definition) is 7. The van der Waals surface area contributed by atoms with Crippen molar-refractivity contribution >= 4 is 51.0 Å². The van der Waals surface area contributed by atoms with E-state index in [-0.39, 0.29) is 17.3 Å². The second-order valence-corrected chi connectivity index (χ2v) is 10.8. The second-order valence-electron chi connectivity index (χ2n) is 10.8. The van der Waals surface area contributed by atoms with E-state index in [0.717, 1.165) is 53.2 Å². The van der Waals surface area contributed by atoms with E-state index in [1.807, 2.05) is 54.6 Å². The average Bonchev–Trinajstić information content (AvgIpc) is 3.37. The zero-order valence-corrected chi connectivity index (χ0v) is 25.5. The molecule has 0 saturated heterocycles. The van der Waals surface area contributed by atoms with Crippen molar-refractivity contribution in [3.63, 3.8) is 0 Å². The van der Waals surface area contributed by atoms with Crippen LogP contribution < -0.4 is 4.74 Å². The minimum Gasteiger partial charge on any atom is -0.427 e. The van der Waals surface area contributed by atoms with Crippen molar-refractivity contribution in [2.24, 2.45) is 5.16 Å². The first-order valence-corrected chi connectivity index (χ1v) is 15.0. The Morgan fingerprint density at radius 1 is 0.689 bits per heavy atom. The molecule has 0 atom stereocenters. The molecule has 0 aliphatic rings. The normalized spacial score (nSPS) is 11.5. The molecule has 1 aromatic heterocycles. The molecule has 0 aliphatic heterocycles. The Bertz CT molecular complexity index is 1920. The quantitative estimate of drug-likeness (QED) is 0.0273. The predicted octanol–water partition coefficient (Wildman–Crippen LogP) is 8.01. The third-order valence-electron chi connectivity index (χ3n) is 7.50. The molecule has 1 heterocycles. The topological polar surface area (TPSA) is 104 Å². The van der Waals surface area contributed by atoms with Crippen molar-refractivity contribution < 1.29 is 28.8 Å². The van der Waals surface area contributed by atoms with Crippen molar-refractivity contribution in [3.05, 3.63) is 108 Å². The number of para-hydroxylation sites is 1. The minimum atomic E-state index is -0.589. The number of hydrogen-bond donors (Lipinski definition) is 0. The summed E-state index contributed by atoms with van der Waals surface area (Å²) in [6.07, 6.45) is 4.18. The molecule has 0 amide bonds. The first kappa shape index (κ1) is 31.1. The van der Waals surface area contributed by atoms with Gasteiger partial charge in [0.15, 0.2) is 5.78 Å². The summed E-state index contributed by atoms with van der Waals surface area (Å²) >= 11 is 0. The summed E-state index contributed by atoms with van der Waals surface area (Å²) in [5, 5.41) is 5.51. The Hall–Kier alpha value is -5.37. The minimum absolute atomic E-state index is 0.193. The second kappa shape index (κ2) is 13.9. The molecule has 0 bridgehead atoms. The summed E-state index contributed by atoms with van der Waals surface area (Å²) in [5.74, 6) is -1.17. The first-order chi connectivity index (χ1) is 21.8. The number of carbonyl (C=O) groups excluding carboxylic acids is 4. The highest BCUT2D eigenvalue weighted by Gasteiger charge is 2.20. The molecule has 0 aliphatic carbocycles. The third-order valence-corrected chi connectivity index (χ3v) is 7.50. The zero-order valence-electron chi connectivity index (χ0n) is 25.5. The molecular weight excluding hydrogens is 568 g/mol. The van der Waals surface area contributed by atoms with Gasteiger partial charge in [-0.25, -0.2) is 4.79 Å². The van der Waals surface area contributed by atoms with Crippen LogP contribution in [0.5, 0.6) is 5.75 Å². The number of oxime groups is 1. The summed E-state index contributed by atoms with van der Waals surface area (Å²) in [7, 11) is 0. The fourth-order valence-electron chi connectivity index (χ4n) is 5.37. The maximum atomic E-state index is 13.7. The lowest BCUT2D eigenvalue weighted by Gasteiger charge is -2.09. The lowest BCUT2D eigenvalue weighted by atomic mass is 9.98. The summed E-state index contributed by atoms with van der Waals surface area (Å²) in [4.78, 5) is 54.9. The van der Waals surface area contributed by atoms with E-state index < -0.39 is 11.9 Å². The van der Waals surface area contributed by atoms with E-state index in [1.54, 1.807) is 36.4 Å². The van der Waals surface area contributed by atoms with Crippen LogP contribution in [-0.4, -0.2) is 33.8 Å². The highest BCUT2D eigenvalue weighted by atomic mass is 16.7. The molecule has 0 fully saturated rings. The van der Waals surface area contributed by atoms with Gasteiger partial charge in [-0.1, -0.05) is 49.5 Å². The van der Waals surface area contributed by atoms with Crippen LogP contribution in [0.15, 0.2) is 96.2 Å². The van der Waals surface area contributed by atoms with Crippen molar-refractivity contribution in [1.82, 2.24) is 4.57 Å². The molecule has 0 unspecified atom stereocenters. The largest absolute Gasteiger partial charge is 0.427 e. The van der Waals surface area contributed by atoms with E-state index in [4.69, 9.17) is 9.57 Å². The number of aromatic nitrogens is 1. The predicted molar refractivity (Wildman–Crippen MR) is 174 cm³/mol. The van der Waals surface area contributed by atoms with Gasteiger partial charge in [0.2, 0.25) is 5.78 Å². The standard InChI is InChI=1S/C37H34N2O6/c1-4-5-6-10-13-33(38-45-25(3)41)37(43)28-17-21-35-32(23-28)31-22-27(16-20-34(31)39(35)29-11-8-7-9-12-29)36(42)26-14-18-30(19-15-26)44-24(2)40/h7-9,11-12,14-23H,4-6,10,13H2,1-3H3/b38-33+. The molecule has 228 valence electrons. The van der Waals surface area contributed by atoms with Crippen LogP contribution in [0.25, 0.3) is 27.5 Å². The molecule has 0 saturated carbocycles. The number of esters is 1. The van der Waals surface area contributed by atoms with E-state index >= 15 is 0 Å². The number of benzene rings is 4. The number of ether oxygens (including phenoxy) is 1. The van der Waals surface area contributed by atoms with Crippen LogP contribution in [0.4, 0.5) is 0 Å². The number of ketones is 2. The van der Waals surface area contributed by atoms with Gasteiger partial charge in [0.05, 0.1) is 11.0 Å². The Labute approximate surface area is 261 Å². The van der Waals surface area contributed by atoms with Crippen LogP contribution in [0.3, 0.4) is 0 Å². The lowest BCUT2D eigenvalue weighted by Crippen LogP contribution is -2.16. The Morgan fingerprint density at radius 3 is 1.93 bits per heavy atom. The molecule has 8 nitrogen and oxygen atoms in total. The van der Waals surface area contributed by atoms with Crippen LogP contribution in [0.1, 0.15) is 79.2 Å². The molecule has 0 N–H and O–H groups in total. The average molecular weight is 603 g/mol. The monoisotopic (exact) mass is 602 g/mol. The number of Topliss-reactive ketones (excluding diaryl/α,β-unsaturated/α-hetero) is 1. The number of unbranched alkanes of at least 4 members (excludes halogenated alkanes) is 3. The van der Waals surface area contributed by atoms with Gasteiger partial charge in [-0.2, -0.15) is 0 Å². The van der Waals surface area contributed by atoms with Crippen LogP contribution in [0, 0.1) is 0 Å². The fraction of sp³-hybridized carbons (Fsp3) is 0.216. The van der Waals surface area contributed by atoms with E-state index in [2.05, 4.69) is 16.6 Å². The highest BCUT2D eigenvalue weighted by Crippen LogP contribution is 2.34. The zero-order chi connectivity index (χ0) is 31.9. The maximum Gasteiger partial charge on any atom is 0.331 e. The first-order valence-electron chi connectivity index (χ1n) is 15.0. The van der Waals surface area contributed by atoms with Gasteiger partial charge < -0.3 is 14.1 Å². The number of nitrogens with zero attached hydrogens (tertiary/aromatic N) is 2. The third kappa shape index (κ3) is 7.07. The molecule has 0 radical (unpaired) electrons. The molecular formula is C37H34N2O6. The van der Waals surface area contributed by atoms with Gasteiger partial charge in [-0.05, 0) is 85.6 Å². The lowest BCUT2D eigenvalue weighted by molar-refractivity contribution is -0.141. The van der Waals surface area contributed by atoms with Crippen LogP contribution >= 0.6 is 0 Å². The SMILES string of the molecule is CCCCCC/C(=N\OC(C)=O)C(=O)c1ccc2c(c1)c1cc(C(=O)c3ccc(OC(C)=O)cc3)ccc1n2-c1ccccc1. The van der Waals surface area contributed by atoms with Gasteiger partial charge in [0.25, 0.3) is 0 Å². The molecule has 5 rings (SSSR count). The highest BCUT2D eigenvalue weighted by molar-refractivity contribution is 6.46. The van der Waals surface area contributed by atoms with Crippen LogP contribution in [0.2, 0.25) is 0 Å². The Balaban J connectivity index is 1.60. The van der Waals surface area contributed by atoms with Gasteiger partial charge in [0, 0.05) is 47.0 Å². The molecule has 45 heavy (non-hydrogen) atoms. The van der Waals surface area contributed by atoms with Gasteiger partial charge in [-0.3, -0.25) is 14.4 Å². The molecule has 4 aromatic carbocycles. The van der Waals surface area contributed by atoms with Crippen LogP contribution in [-0.2, 0) is 14.4 Å². The van der Waals surface area contributed by atoms with Gasteiger partial charge in [-0.15, -0.1) is 0 Å². The van der Waals surface area contributed by atoms with Crippen molar-refractivity contribution in [3.8, 4) is 11.4 Å². The summed E-state index contributed by atoms with van der Waals surface area (Å²) in [6.45, 7) is 4.68. The Morgan fingerprint density at radius 2 is 1.31 bits per heavy atom. The fourth-order valence-corrected chi connectivity index (χ4v) is 5.37. The maximum absolute atomic E-state index is 13.7. The Kier molecular flexibility index (Phi) is 9.63. The molecule has 5 aromatic rings. The number of rotatable bonds is 12. The van der Waals surface area contributed by atoms with Crippen molar-refractivity contribution in [2.45, 2.75) is 52.9 Å². The summed E-state index contributed by atoms with van der Waals surface area (Å²) in [5.41, 5.74) is 4.20. The molecule has 0 spiro atoms. The molecule has 8 heteroatoms. The van der Waals surface area contributed by atoms with Crippen molar-refractivity contribution in [1.29, 1.82) is 0 Å². The number of carbonyl (C=O) groups is 4. The smallest absolute Gasteiger partial charge is 0.331 e. The van der Waals surface area contributed by atoms with E-state index in [1.165, 1.54) is 13.8 Å². The van der Waals surface area contributed by atoms with Gasteiger partial charge in [0.1, 0.15) is 11.5 Å². The van der Waals surface area contributed by atoms with E-state index in [0.29, 0.717) is 28.9 Å². The number of fused-ring (bicyclic) bond motifs is 3. The van der Waals surface area contributed by atoms with Gasteiger partial charge >= 0.3 is 11.9 Å².